The zero-order chi connectivity index (χ0) is 34.7. The molecule has 3 nitrogen and oxygen atoms in total. The van der Waals surface area contributed by atoms with Crippen LogP contribution in [0.4, 0.5) is 0 Å². The van der Waals surface area contributed by atoms with Crippen molar-refractivity contribution >= 4 is 90.0 Å². The Bertz CT molecular complexity index is 2890. The Morgan fingerprint density at radius 3 is 1.34 bits per heavy atom. The largest absolute Gasteiger partial charge is 0.458 e. The van der Waals surface area contributed by atoms with Gasteiger partial charge in [-0.2, -0.15) is 0 Å². The maximum Gasteiger partial charge on any atom is 0.260 e. The van der Waals surface area contributed by atoms with E-state index in [1.165, 1.54) is 69.8 Å². The van der Waals surface area contributed by atoms with E-state index in [1.54, 1.807) is 0 Å². The van der Waals surface area contributed by atoms with E-state index < -0.39 is 8.07 Å². The molecule has 0 saturated carbocycles. The molecule has 0 aliphatic carbocycles. The molecule has 8 aromatic carbocycles. The molecule has 2 aliphatic rings. The summed E-state index contributed by atoms with van der Waals surface area (Å²) in [4.78, 5) is 0. The fourth-order valence-electron chi connectivity index (χ4n) is 9.65. The predicted octanol–water partition coefficient (Wildman–Crippen LogP) is 6.94. The molecule has 0 fully saturated rings. The van der Waals surface area contributed by atoms with Crippen molar-refractivity contribution in [2.45, 2.75) is 0 Å². The summed E-state index contributed by atoms with van der Waals surface area (Å²) < 4.78 is 16.3. The van der Waals surface area contributed by atoms with Gasteiger partial charge in [-0.05, 0) is 68.1 Å². The van der Waals surface area contributed by atoms with E-state index >= 15 is 0 Å². The summed E-state index contributed by atoms with van der Waals surface area (Å²) in [6.45, 7) is 0.0214. The molecule has 12 rings (SSSR count). The van der Waals surface area contributed by atoms with Crippen LogP contribution in [0.25, 0.3) is 38.1 Å². The number of fused-ring (bicyclic) bond motifs is 10. The van der Waals surface area contributed by atoms with E-state index in [4.69, 9.17) is 9.47 Å². The van der Waals surface area contributed by atoms with E-state index in [0.29, 0.717) is 0 Å². The van der Waals surface area contributed by atoms with Gasteiger partial charge < -0.3 is 13.9 Å². The average molecular weight is 692 g/mol. The van der Waals surface area contributed by atoms with Gasteiger partial charge in [0.15, 0.2) is 8.07 Å². The Morgan fingerprint density at radius 1 is 0.377 bits per heavy atom. The molecule has 53 heavy (non-hydrogen) atoms. The van der Waals surface area contributed by atoms with E-state index in [2.05, 4.69) is 186 Å². The second-order valence-corrected chi connectivity index (χ2v) is 18.2. The molecule has 0 amide bonds. The van der Waals surface area contributed by atoms with Crippen LogP contribution in [-0.4, -0.2) is 19.2 Å². The van der Waals surface area contributed by atoms with Crippen molar-refractivity contribution in [3.63, 3.8) is 0 Å². The summed E-state index contributed by atoms with van der Waals surface area (Å²) in [5, 5.41) is 10.3. The van der Waals surface area contributed by atoms with E-state index in [0.717, 1.165) is 28.5 Å². The van der Waals surface area contributed by atoms with Crippen molar-refractivity contribution in [2.24, 2.45) is 0 Å². The van der Waals surface area contributed by atoms with Crippen molar-refractivity contribution in [1.82, 2.24) is 4.40 Å². The first-order valence-corrected chi connectivity index (χ1v) is 20.3. The molecule has 0 unspecified atom stereocenters. The summed E-state index contributed by atoms with van der Waals surface area (Å²) in [5.41, 5.74) is 7.19. The number of para-hydroxylation sites is 4. The van der Waals surface area contributed by atoms with Crippen LogP contribution in [-0.2, 0) is 0 Å². The fraction of sp³-hybridized carbons (Fsp3) is 0. The lowest BCUT2D eigenvalue weighted by Crippen LogP contribution is -2.75. The lowest BCUT2D eigenvalue weighted by molar-refractivity contribution is 0.465. The molecule has 0 atom stereocenters. The molecule has 0 saturated heterocycles. The minimum atomic E-state index is -3.08. The lowest BCUT2D eigenvalue weighted by Gasteiger charge is -2.38. The molecule has 0 N–H and O–H groups in total. The van der Waals surface area contributed by atoms with Crippen LogP contribution in [0.5, 0.6) is 23.0 Å². The van der Waals surface area contributed by atoms with Crippen molar-refractivity contribution in [3.05, 3.63) is 182 Å². The van der Waals surface area contributed by atoms with Crippen molar-refractivity contribution in [3.8, 4) is 23.0 Å². The lowest BCUT2D eigenvalue weighted by atomic mass is 9.35. The molecule has 5 heteroatoms. The Balaban J connectivity index is 1.24. The molecule has 4 heterocycles. The molecule has 2 aliphatic heterocycles. The first-order valence-electron chi connectivity index (χ1n) is 18.3. The second-order valence-electron chi connectivity index (χ2n) is 14.4. The molecule has 2 aromatic heterocycles. The average Bonchev–Trinajstić information content (AvgIpc) is 3.74. The van der Waals surface area contributed by atoms with Crippen LogP contribution in [0.15, 0.2) is 182 Å². The van der Waals surface area contributed by atoms with Gasteiger partial charge >= 0.3 is 0 Å². The van der Waals surface area contributed by atoms with Gasteiger partial charge in [-0.3, -0.25) is 0 Å². The number of hydrogen-bond donors (Lipinski definition) is 0. The van der Waals surface area contributed by atoms with Gasteiger partial charge in [-0.25, -0.2) is 0 Å². The van der Waals surface area contributed by atoms with Gasteiger partial charge in [-0.15, -0.1) is 0 Å². The van der Waals surface area contributed by atoms with Crippen LogP contribution >= 0.6 is 0 Å². The monoisotopic (exact) mass is 691 g/mol. The van der Waals surface area contributed by atoms with Crippen LogP contribution in [0, 0.1) is 0 Å². The highest BCUT2D eigenvalue weighted by Gasteiger charge is 2.46. The molecule has 246 valence electrons. The highest BCUT2D eigenvalue weighted by molar-refractivity contribution is 7.20. The molecule has 0 spiro atoms. The maximum absolute atomic E-state index is 6.94. The number of rotatable bonds is 4. The number of aromatic nitrogens is 1. The zero-order valence-electron chi connectivity index (χ0n) is 28.7. The number of nitrogens with zero attached hydrogens (tertiary/aromatic N) is 1. The Kier molecular flexibility index (Phi) is 5.89. The predicted molar refractivity (Wildman–Crippen MR) is 222 cm³/mol. The summed E-state index contributed by atoms with van der Waals surface area (Å²) in [6.07, 6.45) is 0. The SMILES string of the molecule is c1ccc([Si](c2ccccc2)(c2cc3c4c(c2)Oc2ccccc2B4c2ccccc2O3)c2cc3c4ccccc4n4c5ccccc5c(c2)c34)cc1. The van der Waals surface area contributed by atoms with Gasteiger partial charge in [0, 0.05) is 27.0 Å². The van der Waals surface area contributed by atoms with Crippen LogP contribution in [0.1, 0.15) is 0 Å². The first-order chi connectivity index (χ1) is 26.3. The van der Waals surface area contributed by atoms with Crippen LogP contribution in [0.3, 0.4) is 0 Å². The summed E-state index contributed by atoms with van der Waals surface area (Å²) in [5.74, 6) is 3.53. The number of benzene rings is 8. The highest BCUT2D eigenvalue weighted by Crippen LogP contribution is 2.39. The normalized spacial score (nSPS) is 13.2. The Morgan fingerprint density at radius 2 is 0.811 bits per heavy atom. The van der Waals surface area contributed by atoms with Gasteiger partial charge in [-0.1, -0.05) is 146 Å². The van der Waals surface area contributed by atoms with Gasteiger partial charge in [0.2, 0.25) is 0 Å². The third kappa shape index (κ3) is 3.84. The van der Waals surface area contributed by atoms with Crippen molar-refractivity contribution < 1.29 is 9.47 Å². The summed E-state index contributed by atoms with van der Waals surface area (Å²) in [7, 11) is -3.08. The molecular formula is C48H30BNO2Si. The third-order valence-electron chi connectivity index (χ3n) is 11.8. The zero-order valence-corrected chi connectivity index (χ0v) is 29.7. The Labute approximate surface area is 307 Å². The highest BCUT2D eigenvalue weighted by atomic mass is 28.3. The van der Waals surface area contributed by atoms with Crippen molar-refractivity contribution in [1.29, 1.82) is 0 Å². The fourth-order valence-corrected chi connectivity index (χ4v) is 14.5. The minimum absolute atomic E-state index is 0.0214. The molecular weight excluding hydrogens is 661 g/mol. The van der Waals surface area contributed by atoms with E-state index in [1.807, 2.05) is 0 Å². The van der Waals surface area contributed by atoms with E-state index in [9.17, 15) is 0 Å². The maximum atomic E-state index is 6.94. The molecule has 10 aromatic rings. The van der Waals surface area contributed by atoms with Crippen molar-refractivity contribution in [2.75, 3.05) is 0 Å². The first kappa shape index (κ1) is 29.1. The smallest absolute Gasteiger partial charge is 0.260 e. The van der Waals surface area contributed by atoms with Gasteiger partial charge in [0.25, 0.3) is 6.71 Å². The molecule has 0 radical (unpaired) electrons. The number of ether oxygens (including phenoxy) is 2. The minimum Gasteiger partial charge on any atom is -0.458 e. The van der Waals surface area contributed by atoms with E-state index in [-0.39, 0.29) is 6.71 Å². The molecule has 0 bridgehead atoms. The second kappa shape index (κ2) is 10.7. The third-order valence-corrected chi connectivity index (χ3v) is 16.5. The van der Waals surface area contributed by atoms with Crippen LogP contribution in [0.2, 0.25) is 0 Å². The summed E-state index contributed by atoms with van der Waals surface area (Å²) >= 11 is 0. The van der Waals surface area contributed by atoms with Gasteiger partial charge in [0.05, 0.1) is 16.6 Å². The standard InChI is InChI=1S/C48H30BNO2Si/c1-3-15-31(16-4-1)53(32-17-5-2-6-18-32,33-27-37-35-19-7-11-23-41(35)50-42-24-12-8-20-36(42)38(28-33)48(37)50)34-29-45-47-46(30-34)52-44-26-14-10-22-40(44)49(47)39-21-9-13-25-43(39)51-45/h1-30H. The number of hydrogen-bond acceptors (Lipinski definition) is 2. The quantitative estimate of drug-likeness (QED) is 0.148. The topological polar surface area (TPSA) is 22.9 Å². The summed E-state index contributed by atoms with van der Waals surface area (Å²) in [6, 6.07) is 66.8. The van der Waals surface area contributed by atoms with Crippen LogP contribution < -0.4 is 46.6 Å². The Hall–Kier alpha value is -6.56. The van der Waals surface area contributed by atoms with Gasteiger partial charge in [0.1, 0.15) is 23.0 Å².